The second kappa shape index (κ2) is 11.7. The summed E-state index contributed by atoms with van der Waals surface area (Å²) in [4.78, 5) is 27.8. The van der Waals surface area contributed by atoms with Gasteiger partial charge in [-0.3, -0.25) is 13.9 Å². The Hall–Kier alpha value is -2.39. The van der Waals surface area contributed by atoms with E-state index in [1.165, 1.54) is 4.90 Å². The Kier molecular flexibility index (Phi) is 9.48. The lowest BCUT2D eigenvalue weighted by Crippen LogP contribution is -2.52. The molecule has 0 radical (unpaired) electrons. The molecular formula is C24H32BrN3O4S. The van der Waals surface area contributed by atoms with Crippen molar-refractivity contribution in [2.45, 2.75) is 52.7 Å². The normalized spacial score (nSPS) is 13.2. The van der Waals surface area contributed by atoms with Gasteiger partial charge in [-0.1, -0.05) is 52.7 Å². The molecule has 2 aromatic carbocycles. The van der Waals surface area contributed by atoms with Crippen LogP contribution in [-0.4, -0.2) is 50.0 Å². The zero-order chi connectivity index (χ0) is 24.8. The molecule has 33 heavy (non-hydrogen) atoms. The van der Waals surface area contributed by atoms with E-state index in [0.29, 0.717) is 5.69 Å². The lowest BCUT2D eigenvalue weighted by Gasteiger charge is -2.32. The van der Waals surface area contributed by atoms with Gasteiger partial charge in [-0.15, -0.1) is 0 Å². The number of rotatable bonds is 10. The summed E-state index contributed by atoms with van der Waals surface area (Å²) in [6.45, 7) is 7.26. The number of sulfonamides is 1. The van der Waals surface area contributed by atoms with Gasteiger partial charge in [0.05, 0.1) is 11.9 Å². The molecule has 0 aliphatic heterocycles. The summed E-state index contributed by atoms with van der Waals surface area (Å²) in [5, 5.41) is 2.91. The van der Waals surface area contributed by atoms with Crippen LogP contribution in [0.2, 0.25) is 0 Å². The fraction of sp³-hybridized carbons (Fsp3) is 0.417. The molecule has 2 amide bonds. The minimum Gasteiger partial charge on any atom is -0.352 e. The lowest BCUT2D eigenvalue weighted by molar-refractivity contribution is -0.139. The van der Waals surface area contributed by atoms with E-state index in [2.05, 4.69) is 21.2 Å². The molecule has 0 saturated heterocycles. The van der Waals surface area contributed by atoms with Crippen LogP contribution < -0.4 is 9.62 Å². The molecule has 0 fully saturated rings. The molecule has 9 heteroatoms. The number of amides is 2. The maximum absolute atomic E-state index is 13.5. The molecule has 0 aliphatic carbocycles. The smallest absolute Gasteiger partial charge is 0.244 e. The molecule has 1 N–H and O–H groups in total. The fourth-order valence-electron chi connectivity index (χ4n) is 3.28. The van der Waals surface area contributed by atoms with Crippen molar-refractivity contribution in [1.82, 2.24) is 10.2 Å². The van der Waals surface area contributed by atoms with Gasteiger partial charge in [0.15, 0.2) is 0 Å². The molecule has 0 spiro atoms. The first-order chi connectivity index (χ1) is 15.4. The number of aryl methyl sites for hydroxylation is 1. The average molecular weight is 539 g/mol. The van der Waals surface area contributed by atoms with Crippen molar-refractivity contribution < 1.29 is 18.0 Å². The number of halogens is 1. The zero-order valence-corrected chi connectivity index (χ0v) is 22.1. The summed E-state index contributed by atoms with van der Waals surface area (Å²) in [6.07, 6.45) is 1.82. The van der Waals surface area contributed by atoms with E-state index in [4.69, 9.17) is 0 Å². The van der Waals surface area contributed by atoms with Gasteiger partial charge >= 0.3 is 0 Å². The lowest BCUT2D eigenvalue weighted by atomic mass is 10.1. The third-order valence-electron chi connectivity index (χ3n) is 5.40. The monoisotopic (exact) mass is 537 g/mol. The second-order valence-corrected chi connectivity index (χ2v) is 11.1. The maximum atomic E-state index is 13.5. The largest absolute Gasteiger partial charge is 0.352 e. The van der Waals surface area contributed by atoms with Crippen molar-refractivity contribution >= 4 is 43.5 Å². The number of benzene rings is 2. The average Bonchev–Trinajstić information content (AvgIpc) is 2.75. The van der Waals surface area contributed by atoms with E-state index in [9.17, 15) is 18.0 Å². The van der Waals surface area contributed by atoms with Crippen molar-refractivity contribution in [2.75, 3.05) is 17.1 Å². The minimum absolute atomic E-state index is 0.0360. The highest BCUT2D eigenvalue weighted by molar-refractivity contribution is 9.10. The molecule has 2 aromatic rings. The first-order valence-corrected chi connectivity index (χ1v) is 13.4. The van der Waals surface area contributed by atoms with Gasteiger partial charge in [0, 0.05) is 17.1 Å². The molecule has 180 valence electrons. The van der Waals surface area contributed by atoms with Crippen LogP contribution in [0.4, 0.5) is 5.69 Å². The third kappa shape index (κ3) is 7.85. The molecule has 2 rings (SSSR count). The highest BCUT2D eigenvalue weighted by Gasteiger charge is 2.30. The van der Waals surface area contributed by atoms with Crippen molar-refractivity contribution in [3.63, 3.8) is 0 Å². The van der Waals surface area contributed by atoms with E-state index < -0.39 is 28.5 Å². The number of nitrogens with zero attached hydrogens (tertiary/aromatic N) is 2. The Balaban J connectivity index is 2.37. The summed E-state index contributed by atoms with van der Waals surface area (Å²) < 4.78 is 26.9. The van der Waals surface area contributed by atoms with Crippen LogP contribution in [0.15, 0.2) is 53.0 Å². The molecular weight excluding hydrogens is 506 g/mol. The second-order valence-electron chi connectivity index (χ2n) is 8.25. The van der Waals surface area contributed by atoms with Crippen LogP contribution in [-0.2, 0) is 26.2 Å². The van der Waals surface area contributed by atoms with Crippen LogP contribution in [0.3, 0.4) is 0 Å². The van der Waals surface area contributed by atoms with Gasteiger partial charge in [-0.2, -0.15) is 0 Å². The van der Waals surface area contributed by atoms with E-state index in [-0.39, 0.29) is 18.5 Å². The number of hydrogen-bond acceptors (Lipinski definition) is 4. The Bertz CT molecular complexity index is 1070. The van der Waals surface area contributed by atoms with Gasteiger partial charge in [-0.05, 0) is 57.0 Å². The number of hydrogen-bond donors (Lipinski definition) is 1. The molecule has 2 atom stereocenters. The summed E-state index contributed by atoms with van der Waals surface area (Å²) in [5.41, 5.74) is 2.27. The van der Waals surface area contributed by atoms with Crippen molar-refractivity contribution in [2.24, 2.45) is 0 Å². The Morgan fingerprint density at radius 3 is 2.27 bits per heavy atom. The van der Waals surface area contributed by atoms with Crippen LogP contribution >= 0.6 is 15.9 Å². The minimum atomic E-state index is -3.74. The Morgan fingerprint density at radius 1 is 1.09 bits per heavy atom. The predicted molar refractivity (Wildman–Crippen MR) is 135 cm³/mol. The molecule has 7 nitrogen and oxygen atoms in total. The van der Waals surface area contributed by atoms with Gasteiger partial charge in [0.2, 0.25) is 21.8 Å². The topological polar surface area (TPSA) is 86.8 Å². The quantitative estimate of drug-likeness (QED) is 0.498. The van der Waals surface area contributed by atoms with Crippen LogP contribution in [0.5, 0.6) is 0 Å². The first kappa shape index (κ1) is 26.9. The van der Waals surface area contributed by atoms with Crippen LogP contribution in [0, 0.1) is 6.92 Å². The number of carbonyl (C=O) groups excluding carboxylic acids is 2. The summed E-state index contributed by atoms with van der Waals surface area (Å²) in [5.74, 6) is -0.739. The van der Waals surface area contributed by atoms with E-state index >= 15 is 0 Å². The number of nitrogens with one attached hydrogen (secondary N) is 1. The Morgan fingerprint density at radius 2 is 1.73 bits per heavy atom. The predicted octanol–water partition coefficient (Wildman–Crippen LogP) is 3.86. The fourth-order valence-corrected chi connectivity index (χ4v) is 4.39. The highest BCUT2D eigenvalue weighted by Crippen LogP contribution is 2.22. The summed E-state index contributed by atoms with van der Waals surface area (Å²) in [6, 6.07) is 13.5. The molecule has 0 aromatic heterocycles. The molecule has 0 aliphatic rings. The SMILES string of the molecule is CC[C@H](C)NC(=O)[C@H](C)N(Cc1cccc(C)c1)C(=O)CN(c1ccc(Br)cc1)S(C)(=O)=O. The van der Waals surface area contributed by atoms with Gasteiger partial charge in [-0.25, -0.2) is 8.42 Å². The summed E-state index contributed by atoms with van der Waals surface area (Å²) in [7, 11) is -3.74. The van der Waals surface area contributed by atoms with Gasteiger partial charge in [0.1, 0.15) is 12.6 Å². The Labute approximate surface area is 205 Å². The van der Waals surface area contributed by atoms with E-state index in [1.807, 2.05) is 45.0 Å². The van der Waals surface area contributed by atoms with E-state index in [1.54, 1.807) is 31.2 Å². The van der Waals surface area contributed by atoms with Crippen molar-refractivity contribution in [3.05, 3.63) is 64.1 Å². The van der Waals surface area contributed by atoms with Crippen LogP contribution in [0.25, 0.3) is 0 Å². The van der Waals surface area contributed by atoms with Gasteiger partial charge < -0.3 is 10.2 Å². The number of carbonyl (C=O) groups is 2. The van der Waals surface area contributed by atoms with Crippen molar-refractivity contribution in [1.29, 1.82) is 0 Å². The molecule has 0 heterocycles. The first-order valence-electron chi connectivity index (χ1n) is 10.8. The standard InChI is InChI=1S/C24H32BrN3O4S/c1-6-18(3)26-24(30)19(4)27(15-20-9-7-8-17(2)14-20)23(29)16-28(33(5,31)32)22-12-10-21(25)11-13-22/h7-14,18-19H,6,15-16H2,1-5H3,(H,26,30)/t18-,19-/m0/s1. The van der Waals surface area contributed by atoms with E-state index in [0.717, 1.165) is 32.6 Å². The van der Waals surface area contributed by atoms with Crippen LogP contribution in [0.1, 0.15) is 38.3 Å². The maximum Gasteiger partial charge on any atom is 0.244 e. The zero-order valence-electron chi connectivity index (χ0n) is 19.7. The number of anilines is 1. The highest BCUT2D eigenvalue weighted by atomic mass is 79.9. The molecule has 0 saturated carbocycles. The van der Waals surface area contributed by atoms with Gasteiger partial charge in [0.25, 0.3) is 0 Å². The molecule has 0 bridgehead atoms. The summed E-state index contributed by atoms with van der Waals surface area (Å²) >= 11 is 3.33. The molecule has 0 unspecified atom stereocenters. The third-order valence-corrected chi connectivity index (χ3v) is 7.07. The van der Waals surface area contributed by atoms with Crippen molar-refractivity contribution in [3.8, 4) is 0 Å².